The molecule has 0 spiro atoms. The zero-order valence-electron chi connectivity index (χ0n) is 14.7. The van der Waals surface area contributed by atoms with Gasteiger partial charge in [-0.3, -0.25) is 4.79 Å². The van der Waals surface area contributed by atoms with Gasteiger partial charge in [-0.25, -0.2) is 13.1 Å². The maximum absolute atomic E-state index is 12.4. The summed E-state index contributed by atoms with van der Waals surface area (Å²) in [5.74, 6) is 0.146. The quantitative estimate of drug-likeness (QED) is 0.827. The van der Waals surface area contributed by atoms with Crippen LogP contribution in [0.25, 0.3) is 0 Å². The number of hydrogen-bond donors (Lipinski definition) is 2. The molecule has 2 aromatic rings. The standard InChI is InChI=1S/C18H22N2O4S/c1-12-5-6-13(2)16(9-12)20-18(21)11-19-25(22,23)17-8-7-15(24-4)10-14(17)3/h5-10,19H,11H2,1-4H3,(H,20,21). The molecule has 0 atom stereocenters. The highest BCUT2D eigenvalue weighted by atomic mass is 32.2. The van der Waals surface area contributed by atoms with Crippen LogP contribution in [0.5, 0.6) is 5.75 Å². The van der Waals surface area contributed by atoms with E-state index < -0.39 is 15.9 Å². The fourth-order valence-electron chi connectivity index (χ4n) is 2.35. The van der Waals surface area contributed by atoms with E-state index in [-0.39, 0.29) is 11.4 Å². The number of anilines is 1. The minimum absolute atomic E-state index is 0.118. The van der Waals surface area contributed by atoms with Crippen LogP contribution in [0.2, 0.25) is 0 Å². The Hall–Kier alpha value is -2.38. The molecule has 2 N–H and O–H groups in total. The first-order valence-electron chi connectivity index (χ1n) is 7.74. The molecule has 0 bridgehead atoms. The lowest BCUT2D eigenvalue weighted by atomic mass is 10.1. The fraction of sp³-hybridized carbons (Fsp3) is 0.278. The minimum Gasteiger partial charge on any atom is -0.497 e. The monoisotopic (exact) mass is 362 g/mol. The molecule has 1 amide bonds. The molecular formula is C18H22N2O4S. The fourth-order valence-corrected chi connectivity index (χ4v) is 3.56. The topological polar surface area (TPSA) is 84.5 Å². The zero-order chi connectivity index (χ0) is 18.6. The summed E-state index contributed by atoms with van der Waals surface area (Å²) in [5.41, 5.74) is 3.13. The van der Waals surface area contributed by atoms with Crippen LogP contribution in [0.4, 0.5) is 5.69 Å². The summed E-state index contributed by atoms with van der Waals surface area (Å²) in [6.45, 7) is 5.12. The number of rotatable bonds is 6. The SMILES string of the molecule is COc1ccc(S(=O)(=O)NCC(=O)Nc2cc(C)ccc2C)c(C)c1. The number of carbonyl (C=O) groups excluding carboxylic acids is 1. The average molecular weight is 362 g/mol. The molecule has 0 aliphatic heterocycles. The van der Waals surface area contributed by atoms with Crippen molar-refractivity contribution in [3.05, 3.63) is 53.1 Å². The van der Waals surface area contributed by atoms with Crippen molar-refractivity contribution in [2.45, 2.75) is 25.7 Å². The first-order chi connectivity index (χ1) is 11.7. The number of hydrogen-bond acceptors (Lipinski definition) is 4. The largest absolute Gasteiger partial charge is 0.497 e. The number of methoxy groups -OCH3 is 1. The molecule has 7 heteroatoms. The summed E-state index contributed by atoms with van der Waals surface area (Å²) < 4.78 is 32.2. The van der Waals surface area contributed by atoms with E-state index in [4.69, 9.17) is 4.74 Å². The van der Waals surface area contributed by atoms with E-state index in [1.807, 2.05) is 32.0 Å². The lowest BCUT2D eigenvalue weighted by Gasteiger charge is -2.12. The summed E-state index contributed by atoms with van der Waals surface area (Å²) in [5, 5.41) is 2.72. The van der Waals surface area contributed by atoms with E-state index in [1.165, 1.54) is 13.2 Å². The molecule has 0 fully saturated rings. The van der Waals surface area contributed by atoms with Crippen molar-refractivity contribution in [2.24, 2.45) is 0 Å². The third kappa shape index (κ3) is 4.80. The Morgan fingerprint density at radius 2 is 1.76 bits per heavy atom. The van der Waals surface area contributed by atoms with Crippen molar-refractivity contribution < 1.29 is 17.9 Å². The Labute approximate surface area is 148 Å². The van der Waals surface area contributed by atoms with Gasteiger partial charge in [0.05, 0.1) is 18.6 Å². The van der Waals surface area contributed by atoms with Crippen LogP contribution in [0.1, 0.15) is 16.7 Å². The van der Waals surface area contributed by atoms with Gasteiger partial charge >= 0.3 is 0 Å². The van der Waals surface area contributed by atoms with E-state index in [0.717, 1.165) is 11.1 Å². The van der Waals surface area contributed by atoms with Gasteiger partial charge in [0.2, 0.25) is 15.9 Å². The molecule has 0 aliphatic rings. The Kier molecular flexibility index (Phi) is 5.81. The third-order valence-corrected chi connectivity index (χ3v) is 5.32. The zero-order valence-corrected chi connectivity index (χ0v) is 15.5. The average Bonchev–Trinajstić information content (AvgIpc) is 2.56. The van der Waals surface area contributed by atoms with Gasteiger partial charge in [-0.2, -0.15) is 0 Å². The Morgan fingerprint density at radius 1 is 1.04 bits per heavy atom. The molecule has 0 unspecified atom stereocenters. The van der Waals surface area contributed by atoms with Gasteiger partial charge in [-0.15, -0.1) is 0 Å². The van der Waals surface area contributed by atoms with Crippen LogP contribution in [-0.2, 0) is 14.8 Å². The molecule has 2 aromatic carbocycles. The van der Waals surface area contributed by atoms with Crippen molar-refractivity contribution >= 4 is 21.6 Å². The van der Waals surface area contributed by atoms with E-state index >= 15 is 0 Å². The van der Waals surface area contributed by atoms with Crippen molar-refractivity contribution in [2.75, 3.05) is 19.0 Å². The first-order valence-corrected chi connectivity index (χ1v) is 9.22. The smallest absolute Gasteiger partial charge is 0.241 e. The van der Waals surface area contributed by atoms with Crippen LogP contribution in [0, 0.1) is 20.8 Å². The van der Waals surface area contributed by atoms with E-state index in [0.29, 0.717) is 17.0 Å². The van der Waals surface area contributed by atoms with Crippen LogP contribution < -0.4 is 14.8 Å². The normalized spacial score (nSPS) is 11.2. The van der Waals surface area contributed by atoms with Crippen LogP contribution in [-0.4, -0.2) is 28.0 Å². The van der Waals surface area contributed by atoms with Gasteiger partial charge in [0, 0.05) is 5.69 Å². The summed E-state index contributed by atoms with van der Waals surface area (Å²) in [6.07, 6.45) is 0. The number of amides is 1. The second-order valence-corrected chi connectivity index (χ2v) is 7.56. The summed E-state index contributed by atoms with van der Waals surface area (Å²) in [4.78, 5) is 12.2. The number of ether oxygens (including phenoxy) is 1. The molecule has 0 aromatic heterocycles. The summed E-state index contributed by atoms with van der Waals surface area (Å²) in [7, 11) is -2.28. The highest BCUT2D eigenvalue weighted by Gasteiger charge is 2.18. The predicted octanol–water partition coefficient (Wildman–Crippen LogP) is 2.54. The van der Waals surface area contributed by atoms with Gasteiger partial charge in [0.25, 0.3) is 0 Å². The lowest BCUT2D eigenvalue weighted by Crippen LogP contribution is -2.33. The van der Waals surface area contributed by atoms with Crippen LogP contribution in [0.3, 0.4) is 0 Å². The second kappa shape index (κ2) is 7.67. The Bertz CT molecular complexity index is 892. The molecular weight excluding hydrogens is 340 g/mol. The highest BCUT2D eigenvalue weighted by molar-refractivity contribution is 7.89. The predicted molar refractivity (Wildman–Crippen MR) is 97.5 cm³/mol. The maximum Gasteiger partial charge on any atom is 0.241 e. The summed E-state index contributed by atoms with van der Waals surface area (Å²) in [6, 6.07) is 10.3. The van der Waals surface area contributed by atoms with Gasteiger partial charge in [0.1, 0.15) is 5.75 Å². The molecule has 0 saturated heterocycles. The first kappa shape index (κ1) is 19.0. The third-order valence-electron chi connectivity index (χ3n) is 3.76. The number of benzene rings is 2. The lowest BCUT2D eigenvalue weighted by molar-refractivity contribution is -0.115. The van der Waals surface area contributed by atoms with Gasteiger partial charge in [-0.05, 0) is 61.7 Å². The highest BCUT2D eigenvalue weighted by Crippen LogP contribution is 2.21. The molecule has 0 radical (unpaired) electrons. The van der Waals surface area contributed by atoms with Gasteiger partial charge in [-0.1, -0.05) is 12.1 Å². The Morgan fingerprint density at radius 3 is 2.40 bits per heavy atom. The molecule has 25 heavy (non-hydrogen) atoms. The molecule has 6 nitrogen and oxygen atoms in total. The van der Waals surface area contributed by atoms with Gasteiger partial charge < -0.3 is 10.1 Å². The van der Waals surface area contributed by atoms with Crippen LogP contribution in [0.15, 0.2) is 41.3 Å². The number of sulfonamides is 1. The molecule has 0 aliphatic carbocycles. The minimum atomic E-state index is -3.79. The van der Waals surface area contributed by atoms with Gasteiger partial charge in [0.15, 0.2) is 0 Å². The number of carbonyl (C=O) groups is 1. The summed E-state index contributed by atoms with van der Waals surface area (Å²) >= 11 is 0. The van der Waals surface area contributed by atoms with Crippen molar-refractivity contribution in [1.82, 2.24) is 4.72 Å². The van der Waals surface area contributed by atoms with Crippen molar-refractivity contribution in [3.8, 4) is 5.75 Å². The number of nitrogens with one attached hydrogen (secondary N) is 2. The van der Waals surface area contributed by atoms with Crippen molar-refractivity contribution in [3.63, 3.8) is 0 Å². The molecule has 0 heterocycles. The van der Waals surface area contributed by atoms with Crippen LogP contribution >= 0.6 is 0 Å². The Balaban J connectivity index is 2.06. The van der Waals surface area contributed by atoms with E-state index in [9.17, 15) is 13.2 Å². The second-order valence-electron chi connectivity index (χ2n) is 5.82. The number of aryl methyl sites for hydroxylation is 3. The van der Waals surface area contributed by atoms with Crippen molar-refractivity contribution in [1.29, 1.82) is 0 Å². The molecule has 0 saturated carbocycles. The molecule has 134 valence electrons. The molecule has 2 rings (SSSR count). The van der Waals surface area contributed by atoms with E-state index in [1.54, 1.807) is 19.1 Å². The maximum atomic E-state index is 12.4. The van der Waals surface area contributed by atoms with E-state index in [2.05, 4.69) is 10.0 Å².